The number of carbonyl (C=O) groups is 1. The second-order valence-corrected chi connectivity index (χ2v) is 7.24. The van der Waals surface area contributed by atoms with Gasteiger partial charge in [0.15, 0.2) is 0 Å². The number of sulfonamides is 1. The minimum absolute atomic E-state index is 0.0131. The number of hydrogen-bond acceptors (Lipinski definition) is 4. The largest absolute Gasteiger partial charge is 0.370 e. The maximum atomic E-state index is 12.4. The summed E-state index contributed by atoms with van der Waals surface area (Å²) in [5, 5.41) is 0.153. The standard InChI is InChI=1S/C16H15ClN2O4S/c17-14-3-1-2-4-15(14)24(21,22)18-12-5-7-13(8-6-12)19-9-10-23-11-16(19)20/h1-8,18H,9-11H2. The number of anilines is 2. The van der Waals surface area contributed by atoms with Gasteiger partial charge in [-0.3, -0.25) is 9.52 Å². The Morgan fingerprint density at radius 3 is 2.46 bits per heavy atom. The minimum Gasteiger partial charge on any atom is -0.370 e. The third-order valence-electron chi connectivity index (χ3n) is 3.54. The first-order valence-corrected chi connectivity index (χ1v) is 9.09. The van der Waals surface area contributed by atoms with E-state index in [1.807, 2.05) is 0 Å². The lowest BCUT2D eigenvalue weighted by atomic mass is 10.2. The molecule has 126 valence electrons. The third-order valence-corrected chi connectivity index (χ3v) is 5.42. The molecule has 1 aliphatic rings. The van der Waals surface area contributed by atoms with Crippen LogP contribution in [0.5, 0.6) is 0 Å². The smallest absolute Gasteiger partial charge is 0.263 e. The Morgan fingerprint density at radius 2 is 1.79 bits per heavy atom. The van der Waals surface area contributed by atoms with Gasteiger partial charge in [0, 0.05) is 17.9 Å². The lowest BCUT2D eigenvalue weighted by Gasteiger charge is -2.26. The lowest BCUT2D eigenvalue weighted by Crippen LogP contribution is -2.41. The molecule has 0 atom stereocenters. The van der Waals surface area contributed by atoms with Crippen LogP contribution in [0.15, 0.2) is 53.4 Å². The van der Waals surface area contributed by atoms with Gasteiger partial charge in [0.1, 0.15) is 11.5 Å². The summed E-state index contributed by atoms with van der Waals surface area (Å²) in [6, 6.07) is 12.8. The molecule has 2 aromatic carbocycles. The highest BCUT2D eigenvalue weighted by Gasteiger charge is 2.21. The van der Waals surface area contributed by atoms with Gasteiger partial charge in [-0.25, -0.2) is 8.42 Å². The van der Waals surface area contributed by atoms with Crippen molar-refractivity contribution in [2.75, 3.05) is 29.4 Å². The first-order chi connectivity index (χ1) is 11.5. The average Bonchev–Trinajstić information content (AvgIpc) is 2.56. The van der Waals surface area contributed by atoms with Crippen molar-refractivity contribution in [2.24, 2.45) is 0 Å². The highest BCUT2D eigenvalue weighted by molar-refractivity contribution is 7.92. The zero-order valence-electron chi connectivity index (χ0n) is 12.6. The summed E-state index contributed by atoms with van der Waals surface area (Å²) in [5.74, 6) is -0.120. The molecular weight excluding hydrogens is 352 g/mol. The summed E-state index contributed by atoms with van der Waals surface area (Å²) in [6.45, 7) is 1.01. The molecule has 0 spiro atoms. The number of halogens is 1. The van der Waals surface area contributed by atoms with Gasteiger partial charge >= 0.3 is 0 Å². The first kappa shape index (κ1) is 16.8. The fourth-order valence-electron chi connectivity index (χ4n) is 2.37. The van der Waals surface area contributed by atoms with Crippen molar-refractivity contribution < 1.29 is 17.9 Å². The summed E-state index contributed by atoms with van der Waals surface area (Å²) in [4.78, 5) is 13.4. The number of hydrogen-bond donors (Lipinski definition) is 1. The highest BCUT2D eigenvalue weighted by atomic mass is 35.5. The van der Waals surface area contributed by atoms with E-state index in [4.69, 9.17) is 16.3 Å². The van der Waals surface area contributed by atoms with Crippen molar-refractivity contribution in [2.45, 2.75) is 4.90 Å². The van der Waals surface area contributed by atoms with Crippen LogP contribution in [0.25, 0.3) is 0 Å². The molecule has 1 fully saturated rings. The Hall–Kier alpha value is -2.09. The van der Waals surface area contributed by atoms with E-state index >= 15 is 0 Å². The van der Waals surface area contributed by atoms with Crippen molar-refractivity contribution in [1.82, 2.24) is 0 Å². The fraction of sp³-hybridized carbons (Fsp3) is 0.188. The van der Waals surface area contributed by atoms with E-state index in [1.165, 1.54) is 12.1 Å². The van der Waals surface area contributed by atoms with Gasteiger partial charge in [0.2, 0.25) is 0 Å². The van der Waals surface area contributed by atoms with Crippen molar-refractivity contribution >= 4 is 38.9 Å². The van der Waals surface area contributed by atoms with Crippen molar-refractivity contribution in [3.05, 3.63) is 53.6 Å². The van der Waals surface area contributed by atoms with Crippen LogP contribution in [0.3, 0.4) is 0 Å². The molecule has 6 nitrogen and oxygen atoms in total. The summed E-state index contributed by atoms with van der Waals surface area (Å²) >= 11 is 5.94. The number of benzene rings is 2. The Labute approximate surface area is 145 Å². The van der Waals surface area contributed by atoms with E-state index in [0.717, 1.165) is 0 Å². The van der Waals surface area contributed by atoms with Gasteiger partial charge in [0.25, 0.3) is 15.9 Å². The van der Waals surface area contributed by atoms with E-state index in [1.54, 1.807) is 41.3 Å². The number of ether oxygens (including phenoxy) is 1. The molecule has 1 heterocycles. The van der Waals surface area contributed by atoms with Crippen LogP contribution in [0.1, 0.15) is 0 Å². The molecule has 8 heteroatoms. The highest BCUT2D eigenvalue weighted by Crippen LogP contribution is 2.25. The Balaban J connectivity index is 1.79. The molecule has 0 aliphatic carbocycles. The summed E-state index contributed by atoms with van der Waals surface area (Å²) < 4.78 is 32.3. The van der Waals surface area contributed by atoms with E-state index in [0.29, 0.717) is 24.5 Å². The van der Waals surface area contributed by atoms with Crippen LogP contribution in [0.4, 0.5) is 11.4 Å². The van der Waals surface area contributed by atoms with Crippen LogP contribution < -0.4 is 9.62 Å². The number of carbonyl (C=O) groups excluding carboxylic acids is 1. The summed E-state index contributed by atoms with van der Waals surface area (Å²) in [7, 11) is -3.77. The second-order valence-electron chi connectivity index (χ2n) is 5.18. The summed E-state index contributed by atoms with van der Waals surface area (Å²) in [6.07, 6.45) is 0. The molecule has 2 aromatic rings. The monoisotopic (exact) mass is 366 g/mol. The molecule has 0 bridgehead atoms. The van der Waals surface area contributed by atoms with E-state index in [9.17, 15) is 13.2 Å². The van der Waals surface area contributed by atoms with Crippen LogP contribution in [-0.4, -0.2) is 34.1 Å². The van der Waals surface area contributed by atoms with E-state index in [2.05, 4.69) is 4.72 Å². The van der Waals surface area contributed by atoms with Crippen LogP contribution in [-0.2, 0) is 19.6 Å². The number of rotatable bonds is 4. The fourth-order valence-corrected chi connectivity index (χ4v) is 3.95. The third kappa shape index (κ3) is 3.53. The van der Waals surface area contributed by atoms with Gasteiger partial charge in [0.05, 0.1) is 11.6 Å². The molecular formula is C16H15ClN2O4S. The maximum Gasteiger partial charge on any atom is 0.263 e. The molecule has 0 aromatic heterocycles. The van der Waals surface area contributed by atoms with Gasteiger partial charge in [-0.1, -0.05) is 23.7 Å². The Morgan fingerprint density at radius 1 is 1.08 bits per heavy atom. The number of amides is 1. The topological polar surface area (TPSA) is 75.7 Å². The SMILES string of the molecule is O=C1COCCN1c1ccc(NS(=O)(=O)c2ccccc2Cl)cc1. The molecule has 1 N–H and O–H groups in total. The van der Waals surface area contributed by atoms with Gasteiger partial charge in [-0.05, 0) is 36.4 Å². The number of nitrogens with one attached hydrogen (secondary N) is 1. The van der Waals surface area contributed by atoms with E-state index < -0.39 is 10.0 Å². The predicted octanol–water partition coefficient (Wildman–Crippen LogP) is 2.50. The normalized spacial score (nSPS) is 15.4. The first-order valence-electron chi connectivity index (χ1n) is 7.23. The predicted molar refractivity (Wildman–Crippen MR) is 91.9 cm³/mol. The average molecular weight is 367 g/mol. The zero-order chi connectivity index (χ0) is 17.2. The van der Waals surface area contributed by atoms with Gasteiger partial charge in [-0.15, -0.1) is 0 Å². The number of nitrogens with zero attached hydrogens (tertiary/aromatic N) is 1. The van der Waals surface area contributed by atoms with Crippen LogP contribution in [0, 0.1) is 0 Å². The molecule has 0 saturated carbocycles. The molecule has 0 radical (unpaired) electrons. The molecule has 24 heavy (non-hydrogen) atoms. The van der Waals surface area contributed by atoms with Gasteiger partial charge in [-0.2, -0.15) is 0 Å². The van der Waals surface area contributed by atoms with Crippen LogP contribution in [0.2, 0.25) is 5.02 Å². The lowest BCUT2D eigenvalue weighted by molar-refractivity contribution is -0.125. The van der Waals surface area contributed by atoms with Crippen LogP contribution >= 0.6 is 11.6 Å². The Bertz CT molecular complexity index is 853. The molecule has 1 aliphatic heterocycles. The zero-order valence-corrected chi connectivity index (χ0v) is 14.2. The summed E-state index contributed by atoms with van der Waals surface area (Å²) in [5.41, 5.74) is 1.09. The maximum absolute atomic E-state index is 12.4. The minimum atomic E-state index is -3.77. The van der Waals surface area contributed by atoms with Gasteiger partial charge < -0.3 is 9.64 Å². The number of morpholine rings is 1. The molecule has 3 rings (SSSR count). The van der Waals surface area contributed by atoms with Crippen molar-refractivity contribution in [1.29, 1.82) is 0 Å². The van der Waals surface area contributed by atoms with E-state index in [-0.39, 0.29) is 22.4 Å². The second kappa shape index (κ2) is 6.80. The quantitative estimate of drug-likeness (QED) is 0.902. The molecule has 0 unspecified atom stereocenters. The Kier molecular flexibility index (Phi) is 4.75. The van der Waals surface area contributed by atoms with Crippen molar-refractivity contribution in [3.8, 4) is 0 Å². The molecule has 1 amide bonds. The van der Waals surface area contributed by atoms with Crippen molar-refractivity contribution in [3.63, 3.8) is 0 Å². The molecule has 1 saturated heterocycles.